The Morgan fingerprint density at radius 1 is 1.88 bits per heavy atom. The summed E-state index contributed by atoms with van der Waals surface area (Å²) in [6.45, 7) is 3.48. The second kappa shape index (κ2) is 3.47. The number of carbonyl (C=O) groups is 1. The first-order chi connectivity index (χ1) is 4.46. The van der Waals surface area contributed by atoms with E-state index >= 15 is 0 Å². The Morgan fingerprint density at radius 3 is 2.50 bits per heavy atom. The van der Waals surface area contributed by atoms with Crippen LogP contribution >= 0.6 is 0 Å². The third-order valence-corrected chi connectivity index (χ3v) is 0.624. The van der Waals surface area contributed by atoms with Gasteiger partial charge in [-0.05, 0) is 12.3 Å². The van der Waals surface area contributed by atoms with E-state index in [0.29, 0.717) is 0 Å². The van der Waals surface area contributed by atoms with Crippen LogP contribution in [0.1, 0.15) is 29.4 Å². The van der Waals surface area contributed by atoms with Crippen molar-refractivity contribution < 1.29 is 12.6 Å². The first-order valence-corrected chi connectivity index (χ1v) is 2.54. The van der Waals surface area contributed by atoms with Crippen molar-refractivity contribution in [2.45, 2.75) is 26.6 Å². The maximum absolute atomic E-state index is 10.1. The molecule has 0 heterocycles. The number of carboxylic acids is 1. The van der Waals surface area contributed by atoms with Gasteiger partial charge >= 0.3 is 5.97 Å². The molecule has 2 heteroatoms. The van der Waals surface area contributed by atoms with Crippen LogP contribution < -0.4 is 0 Å². The van der Waals surface area contributed by atoms with E-state index < -0.39 is 18.8 Å². The van der Waals surface area contributed by atoms with Gasteiger partial charge in [-0.1, -0.05) is 13.8 Å². The SMILES string of the molecule is [2H][C@@H](C(=O)O)[C@@H]([2H])C(C)C. The molecule has 0 rings (SSSR count). The largest absolute Gasteiger partial charge is 0.481 e. The number of carboxylic acid groups (broad SMARTS) is 1. The molecule has 8 heavy (non-hydrogen) atoms. The minimum Gasteiger partial charge on any atom is -0.481 e. The minimum absolute atomic E-state index is 0.0707. The zero-order valence-electron chi connectivity index (χ0n) is 7.09. The molecule has 0 aromatic carbocycles. The van der Waals surface area contributed by atoms with Crippen molar-refractivity contribution in [1.82, 2.24) is 0 Å². The highest BCUT2D eigenvalue weighted by molar-refractivity contribution is 5.66. The third kappa shape index (κ3) is 5.47. The summed E-state index contributed by atoms with van der Waals surface area (Å²) in [6.07, 6.45) is -2.13. The molecule has 0 aliphatic rings. The van der Waals surface area contributed by atoms with Gasteiger partial charge in [-0.25, -0.2) is 0 Å². The monoisotopic (exact) mass is 118 g/mol. The van der Waals surface area contributed by atoms with Gasteiger partial charge < -0.3 is 5.11 Å². The van der Waals surface area contributed by atoms with E-state index in [1.807, 2.05) is 0 Å². The summed E-state index contributed by atoms with van der Waals surface area (Å²) >= 11 is 0. The summed E-state index contributed by atoms with van der Waals surface area (Å²) in [6, 6.07) is 0. The van der Waals surface area contributed by atoms with Gasteiger partial charge in [-0.3, -0.25) is 4.79 Å². The van der Waals surface area contributed by atoms with Crippen molar-refractivity contribution in [2.24, 2.45) is 5.92 Å². The van der Waals surface area contributed by atoms with Crippen LogP contribution in [0.25, 0.3) is 0 Å². The molecule has 0 fully saturated rings. The fourth-order valence-electron chi connectivity index (χ4n) is 0.275. The second-order valence-electron chi connectivity index (χ2n) is 1.94. The normalized spacial score (nSPS) is 21.4. The van der Waals surface area contributed by atoms with Crippen LogP contribution in [0.5, 0.6) is 0 Å². The topological polar surface area (TPSA) is 37.3 Å². The predicted molar refractivity (Wildman–Crippen MR) is 31.7 cm³/mol. The summed E-state index contributed by atoms with van der Waals surface area (Å²) in [7, 11) is 0. The molecule has 0 radical (unpaired) electrons. The lowest BCUT2D eigenvalue weighted by Gasteiger charge is -1.97. The average Bonchev–Trinajstić information content (AvgIpc) is 1.84. The van der Waals surface area contributed by atoms with Gasteiger partial charge in [0.05, 0.1) is 0 Å². The standard InChI is InChI=1S/C6H12O2/c1-5(2)3-4-6(7)8/h5H,3-4H2,1-2H3,(H,7,8)/i3D,4D/t3-,4-/m1/s1. The van der Waals surface area contributed by atoms with Crippen molar-refractivity contribution in [3.63, 3.8) is 0 Å². The highest BCUT2D eigenvalue weighted by Crippen LogP contribution is 2.01. The van der Waals surface area contributed by atoms with E-state index in [1.165, 1.54) is 0 Å². The Kier molecular flexibility index (Phi) is 1.89. The Balaban J connectivity index is 3.94. The van der Waals surface area contributed by atoms with Crippen LogP contribution in [0.3, 0.4) is 0 Å². The molecular formula is C6H12O2. The highest BCUT2D eigenvalue weighted by Gasteiger charge is 1.97. The molecule has 0 aliphatic heterocycles. The van der Waals surface area contributed by atoms with Gasteiger partial charge in [-0.15, -0.1) is 0 Å². The number of hydrogen-bond donors (Lipinski definition) is 1. The van der Waals surface area contributed by atoms with Crippen molar-refractivity contribution >= 4 is 5.97 Å². The summed E-state index contributed by atoms with van der Waals surface area (Å²) in [5.41, 5.74) is 0. The van der Waals surface area contributed by atoms with E-state index in [2.05, 4.69) is 0 Å². The lowest BCUT2D eigenvalue weighted by atomic mass is 10.1. The molecule has 2 atom stereocenters. The molecule has 0 amide bonds. The van der Waals surface area contributed by atoms with Crippen LogP contribution in [0.15, 0.2) is 0 Å². The zero-order valence-corrected chi connectivity index (χ0v) is 5.09. The quantitative estimate of drug-likeness (QED) is 0.609. The van der Waals surface area contributed by atoms with Crippen LogP contribution in [-0.4, -0.2) is 11.1 Å². The van der Waals surface area contributed by atoms with Crippen LogP contribution in [0.2, 0.25) is 0 Å². The Hall–Kier alpha value is -0.530. The summed E-state index contributed by atoms with van der Waals surface area (Å²) in [5, 5.41) is 8.29. The molecular weight excluding hydrogens is 104 g/mol. The van der Waals surface area contributed by atoms with Gasteiger partial charge in [0.1, 0.15) is 0 Å². The van der Waals surface area contributed by atoms with Crippen LogP contribution in [0, 0.1) is 5.92 Å². The first-order valence-electron chi connectivity index (χ1n) is 3.69. The molecule has 0 spiro atoms. The fourth-order valence-corrected chi connectivity index (χ4v) is 0.275. The summed E-state index contributed by atoms with van der Waals surface area (Å²) in [4.78, 5) is 10.1. The number of aliphatic carboxylic acids is 1. The maximum atomic E-state index is 10.1. The Bertz CT molecular complexity index is 125. The molecule has 0 bridgehead atoms. The van der Waals surface area contributed by atoms with Gasteiger partial charge in [0.15, 0.2) is 0 Å². The molecule has 0 aliphatic carbocycles. The van der Waals surface area contributed by atoms with Crippen LogP contribution in [-0.2, 0) is 4.79 Å². The summed E-state index contributed by atoms with van der Waals surface area (Å²) < 4.78 is 14.2. The maximum Gasteiger partial charge on any atom is 0.303 e. The zero-order chi connectivity index (χ0) is 8.31. The lowest BCUT2D eigenvalue weighted by molar-refractivity contribution is -0.137. The van der Waals surface area contributed by atoms with Gasteiger partial charge in [-0.2, -0.15) is 0 Å². The van der Waals surface area contributed by atoms with Gasteiger partial charge in [0, 0.05) is 9.14 Å². The van der Waals surface area contributed by atoms with Gasteiger partial charge in [0.25, 0.3) is 0 Å². The number of hydrogen-bond acceptors (Lipinski definition) is 1. The minimum atomic E-state index is -1.31. The molecule has 0 aromatic heterocycles. The van der Waals surface area contributed by atoms with Crippen molar-refractivity contribution in [3.05, 3.63) is 0 Å². The molecule has 0 saturated carbocycles. The fraction of sp³-hybridized carbons (Fsp3) is 0.833. The molecule has 48 valence electrons. The Labute approximate surface area is 52.3 Å². The van der Waals surface area contributed by atoms with E-state index in [9.17, 15) is 4.79 Å². The van der Waals surface area contributed by atoms with Crippen molar-refractivity contribution in [1.29, 1.82) is 0 Å². The smallest absolute Gasteiger partial charge is 0.303 e. The summed E-state index contributed by atoms with van der Waals surface area (Å²) in [5.74, 6) is -1.28. The first kappa shape index (κ1) is 4.36. The lowest BCUT2D eigenvalue weighted by Crippen LogP contribution is -1.97. The third-order valence-electron chi connectivity index (χ3n) is 0.624. The average molecular weight is 118 g/mol. The molecule has 0 saturated heterocycles. The molecule has 2 nitrogen and oxygen atoms in total. The predicted octanol–water partition coefficient (Wildman–Crippen LogP) is 1.51. The second-order valence-corrected chi connectivity index (χ2v) is 1.94. The molecule has 0 unspecified atom stereocenters. The number of rotatable bonds is 3. The van der Waals surface area contributed by atoms with Crippen molar-refractivity contribution in [3.8, 4) is 0 Å². The van der Waals surface area contributed by atoms with E-state index in [4.69, 9.17) is 7.85 Å². The molecule has 0 aromatic rings. The van der Waals surface area contributed by atoms with E-state index in [-0.39, 0.29) is 5.92 Å². The Morgan fingerprint density at radius 2 is 2.38 bits per heavy atom. The van der Waals surface area contributed by atoms with E-state index in [1.54, 1.807) is 13.8 Å². The molecule has 1 N–H and O–H groups in total. The van der Waals surface area contributed by atoms with Gasteiger partial charge in [0.2, 0.25) is 0 Å². The van der Waals surface area contributed by atoms with Crippen LogP contribution in [0.4, 0.5) is 0 Å². The highest BCUT2D eigenvalue weighted by atomic mass is 16.4. The van der Waals surface area contributed by atoms with Crippen molar-refractivity contribution in [2.75, 3.05) is 0 Å². The van der Waals surface area contributed by atoms with E-state index in [0.717, 1.165) is 0 Å².